The smallest absolute Gasteiger partial charge is 0.338 e. The predicted molar refractivity (Wildman–Crippen MR) is 112 cm³/mol. The molecule has 2 aromatic carbocycles. The van der Waals surface area contributed by atoms with Gasteiger partial charge in [-0.3, -0.25) is 14.4 Å². The number of nitrogens with zero attached hydrogens (tertiary/aromatic N) is 2. The zero-order valence-electron chi connectivity index (χ0n) is 17.4. The number of benzene rings is 2. The number of hydrogen-bond acceptors (Lipinski definition) is 3. The van der Waals surface area contributed by atoms with Crippen LogP contribution in [0.4, 0.5) is 18.9 Å². The van der Waals surface area contributed by atoms with Gasteiger partial charge in [-0.2, -0.15) is 13.2 Å². The molecule has 2 aliphatic heterocycles. The summed E-state index contributed by atoms with van der Waals surface area (Å²) in [5.41, 5.74) is 0.246. The monoisotopic (exact) mass is 444 g/mol. The third kappa shape index (κ3) is 4.54. The minimum atomic E-state index is -4.52. The first-order chi connectivity index (χ1) is 15.2. The zero-order chi connectivity index (χ0) is 22.9. The Hall–Kier alpha value is -3.16. The van der Waals surface area contributed by atoms with Gasteiger partial charge in [0.1, 0.15) is 0 Å². The van der Waals surface area contributed by atoms with E-state index >= 15 is 0 Å². The van der Waals surface area contributed by atoms with Crippen LogP contribution in [0.25, 0.3) is 0 Å². The molecule has 8 heteroatoms. The lowest BCUT2D eigenvalue weighted by Crippen LogP contribution is -2.42. The summed E-state index contributed by atoms with van der Waals surface area (Å²) < 4.78 is 39.0. The lowest BCUT2D eigenvalue weighted by atomic mass is 9.89. The van der Waals surface area contributed by atoms with Crippen LogP contribution in [-0.2, 0) is 11.0 Å². The number of hydrogen-bond donors (Lipinski definition) is 0. The van der Waals surface area contributed by atoms with E-state index in [1.807, 2.05) is 0 Å². The number of rotatable bonds is 4. The molecule has 2 saturated heterocycles. The molecule has 168 valence electrons. The Morgan fingerprint density at radius 2 is 1.69 bits per heavy atom. The van der Waals surface area contributed by atoms with E-state index in [0.29, 0.717) is 43.6 Å². The van der Waals surface area contributed by atoms with Crippen molar-refractivity contribution in [1.29, 1.82) is 0 Å². The highest BCUT2D eigenvalue weighted by Crippen LogP contribution is 2.31. The average molecular weight is 444 g/mol. The third-order valence-electron chi connectivity index (χ3n) is 6.03. The molecule has 0 aliphatic carbocycles. The number of carbonyl (C=O) groups is 3. The fourth-order valence-corrected chi connectivity index (χ4v) is 4.37. The van der Waals surface area contributed by atoms with Crippen molar-refractivity contribution in [3.05, 3.63) is 65.2 Å². The van der Waals surface area contributed by atoms with Crippen molar-refractivity contribution in [2.24, 2.45) is 5.92 Å². The minimum absolute atomic E-state index is 0.00803. The van der Waals surface area contributed by atoms with Gasteiger partial charge in [0.2, 0.25) is 5.91 Å². The van der Waals surface area contributed by atoms with E-state index in [1.165, 1.54) is 12.1 Å². The first-order valence-electron chi connectivity index (χ1n) is 10.7. The molecule has 0 spiro atoms. The Bertz CT molecular complexity index is 1050. The van der Waals surface area contributed by atoms with Crippen LogP contribution in [-0.4, -0.2) is 42.1 Å². The number of carbonyl (C=O) groups excluding carboxylic acids is 3. The van der Waals surface area contributed by atoms with Gasteiger partial charge in [0, 0.05) is 48.8 Å². The molecule has 0 bridgehead atoms. The number of alkyl halides is 3. The van der Waals surface area contributed by atoms with Crippen LogP contribution in [0.5, 0.6) is 0 Å². The molecule has 5 nitrogen and oxygen atoms in total. The van der Waals surface area contributed by atoms with Crippen molar-refractivity contribution in [3.8, 4) is 0 Å². The van der Waals surface area contributed by atoms with Crippen molar-refractivity contribution < 1.29 is 27.6 Å². The molecule has 2 aliphatic rings. The molecule has 32 heavy (non-hydrogen) atoms. The van der Waals surface area contributed by atoms with Gasteiger partial charge < -0.3 is 9.80 Å². The molecule has 1 atom stereocenters. The van der Waals surface area contributed by atoms with E-state index in [4.69, 9.17) is 0 Å². The van der Waals surface area contributed by atoms with Gasteiger partial charge in [0.05, 0.1) is 5.56 Å². The summed E-state index contributed by atoms with van der Waals surface area (Å²) in [6.45, 7) is 1.24. The maximum Gasteiger partial charge on any atom is 0.416 e. The molecular weight excluding hydrogens is 421 g/mol. The van der Waals surface area contributed by atoms with E-state index < -0.39 is 17.7 Å². The first kappa shape index (κ1) is 22.0. The lowest BCUT2D eigenvalue weighted by Gasteiger charge is -2.32. The lowest BCUT2D eigenvalue weighted by molar-refractivity contribution is -0.137. The summed E-state index contributed by atoms with van der Waals surface area (Å²) in [7, 11) is 0. The number of piperidine rings is 1. The minimum Gasteiger partial charge on any atom is -0.338 e. The van der Waals surface area contributed by atoms with Gasteiger partial charge in [-0.1, -0.05) is 18.2 Å². The average Bonchev–Trinajstić information content (AvgIpc) is 3.23. The fraction of sp³-hybridized carbons (Fsp3) is 0.375. The maximum atomic E-state index is 13.1. The normalized spacial score (nSPS) is 19.3. The molecule has 2 heterocycles. The highest BCUT2D eigenvalue weighted by molar-refractivity contribution is 6.01. The topological polar surface area (TPSA) is 57.7 Å². The summed E-state index contributed by atoms with van der Waals surface area (Å²) >= 11 is 0. The van der Waals surface area contributed by atoms with Gasteiger partial charge in [0.25, 0.3) is 5.91 Å². The number of likely N-dealkylation sites (tertiary alicyclic amines) is 1. The van der Waals surface area contributed by atoms with Crippen LogP contribution in [0.2, 0.25) is 0 Å². The fourth-order valence-electron chi connectivity index (χ4n) is 4.37. The second kappa shape index (κ2) is 8.76. The first-order valence-corrected chi connectivity index (χ1v) is 10.7. The van der Waals surface area contributed by atoms with Gasteiger partial charge in [-0.05, 0) is 49.6 Å². The molecule has 2 fully saturated rings. The maximum absolute atomic E-state index is 13.1. The molecule has 1 unspecified atom stereocenters. The Kier molecular flexibility index (Phi) is 6.04. The highest BCUT2D eigenvalue weighted by Gasteiger charge is 2.33. The standard InChI is InChI=1S/C24H23F3N2O3/c25-24(26,27)19-8-1-5-16(13-19)22(31)18-7-3-11-28(15-18)23(32)17-6-2-9-20(14-17)29-12-4-10-21(29)30/h1-2,5-6,8-9,13-14,18H,3-4,7,10-12,15H2. The van der Waals surface area contributed by atoms with Gasteiger partial charge in [0.15, 0.2) is 5.78 Å². The Labute approximate surface area is 183 Å². The van der Waals surface area contributed by atoms with Gasteiger partial charge >= 0.3 is 6.18 Å². The Morgan fingerprint density at radius 3 is 2.41 bits per heavy atom. The number of anilines is 1. The van der Waals surface area contributed by atoms with Crippen molar-refractivity contribution in [2.75, 3.05) is 24.5 Å². The zero-order valence-corrected chi connectivity index (χ0v) is 17.4. The SMILES string of the molecule is O=C(c1cccc(C(F)(F)F)c1)C1CCCN(C(=O)c2cccc(N3CCCC3=O)c2)C1. The van der Waals surface area contributed by atoms with E-state index in [1.54, 1.807) is 34.1 Å². The molecule has 0 saturated carbocycles. The van der Waals surface area contributed by atoms with Gasteiger partial charge in [-0.15, -0.1) is 0 Å². The van der Waals surface area contributed by atoms with Crippen LogP contribution in [0.15, 0.2) is 48.5 Å². The van der Waals surface area contributed by atoms with Crippen LogP contribution < -0.4 is 4.90 Å². The number of halogens is 3. The van der Waals surface area contributed by atoms with Crippen molar-refractivity contribution in [2.45, 2.75) is 31.9 Å². The quantitative estimate of drug-likeness (QED) is 0.650. The van der Waals surface area contributed by atoms with E-state index in [-0.39, 0.29) is 29.7 Å². The third-order valence-corrected chi connectivity index (χ3v) is 6.03. The highest BCUT2D eigenvalue weighted by atomic mass is 19.4. The van der Waals surface area contributed by atoms with E-state index in [9.17, 15) is 27.6 Å². The van der Waals surface area contributed by atoms with E-state index in [2.05, 4.69) is 0 Å². The molecule has 2 aromatic rings. The van der Waals surface area contributed by atoms with Gasteiger partial charge in [-0.25, -0.2) is 0 Å². The second-order valence-electron chi connectivity index (χ2n) is 8.23. The second-order valence-corrected chi connectivity index (χ2v) is 8.23. The van der Waals surface area contributed by atoms with E-state index in [0.717, 1.165) is 18.6 Å². The summed E-state index contributed by atoms with van der Waals surface area (Å²) in [4.78, 5) is 41.3. The molecule has 0 radical (unpaired) electrons. The summed E-state index contributed by atoms with van der Waals surface area (Å²) in [5.74, 6) is -1.16. The molecule has 2 amide bonds. The molecular formula is C24H23F3N2O3. The van der Waals surface area contributed by atoms with Crippen LogP contribution in [0.1, 0.15) is 52.0 Å². The summed E-state index contributed by atoms with van der Waals surface area (Å²) in [6, 6.07) is 11.3. The number of Topliss-reactive ketones (excluding diaryl/α,β-unsaturated/α-hetero) is 1. The molecule has 0 aromatic heterocycles. The van der Waals surface area contributed by atoms with Crippen LogP contribution >= 0.6 is 0 Å². The van der Waals surface area contributed by atoms with Crippen molar-refractivity contribution >= 4 is 23.3 Å². The van der Waals surface area contributed by atoms with Crippen molar-refractivity contribution in [1.82, 2.24) is 4.90 Å². The number of ketones is 1. The predicted octanol–water partition coefficient (Wildman–Crippen LogP) is 4.57. The summed E-state index contributed by atoms with van der Waals surface area (Å²) in [6.07, 6.45) is -2.15. The summed E-state index contributed by atoms with van der Waals surface area (Å²) in [5, 5.41) is 0. The Morgan fingerprint density at radius 1 is 0.938 bits per heavy atom. The Balaban J connectivity index is 1.49. The van der Waals surface area contributed by atoms with Crippen molar-refractivity contribution in [3.63, 3.8) is 0 Å². The number of amides is 2. The van der Waals surface area contributed by atoms with Crippen LogP contribution in [0, 0.1) is 5.92 Å². The molecule has 4 rings (SSSR count). The largest absolute Gasteiger partial charge is 0.416 e. The molecule has 0 N–H and O–H groups in total. The van der Waals surface area contributed by atoms with Crippen LogP contribution in [0.3, 0.4) is 0 Å².